The van der Waals surface area contributed by atoms with E-state index in [2.05, 4.69) is 10.6 Å². The number of nitrogens with one attached hydrogen (secondary N) is 2. The number of hydrogen-bond donors (Lipinski definition) is 3. The van der Waals surface area contributed by atoms with Gasteiger partial charge in [-0.05, 0) is 49.9 Å². The van der Waals surface area contributed by atoms with Crippen molar-refractivity contribution >= 4 is 12.0 Å². The second-order valence-corrected chi connectivity index (χ2v) is 6.63. The molecular formula is C19H29N3O4. The number of carbonyl (C=O) groups is 2. The van der Waals surface area contributed by atoms with Crippen molar-refractivity contribution in [3.8, 4) is 5.75 Å². The molecule has 1 aromatic carbocycles. The molecule has 0 bridgehead atoms. The normalized spacial score (nSPS) is 18.9. The van der Waals surface area contributed by atoms with Gasteiger partial charge in [-0.25, -0.2) is 4.79 Å². The van der Waals surface area contributed by atoms with Crippen molar-refractivity contribution in [1.82, 2.24) is 15.5 Å². The Balaban J connectivity index is 1.57. The number of likely N-dealkylation sites (N-methyl/N-ethyl adjacent to an activating group) is 1. The number of rotatable bonds is 10. The summed E-state index contributed by atoms with van der Waals surface area (Å²) < 4.78 is 5.13. The minimum atomic E-state index is -0.808. The van der Waals surface area contributed by atoms with Gasteiger partial charge in [-0.15, -0.1) is 0 Å². The monoisotopic (exact) mass is 363 g/mol. The number of carboxylic acids is 1. The summed E-state index contributed by atoms with van der Waals surface area (Å²) in [5.41, 5.74) is 1.22. The number of urea groups is 1. The summed E-state index contributed by atoms with van der Waals surface area (Å²) in [6.07, 6.45) is 3.38. The summed E-state index contributed by atoms with van der Waals surface area (Å²) >= 11 is 0. The fraction of sp³-hybridized carbons (Fsp3) is 0.579. The van der Waals surface area contributed by atoms with E-state index in [9.17, 15) is 9.59 Å². The Kier molecular flexibility index (Phi) is 7.72. The van der Waals surface area contributed by atoms with E-state index in [-0.39, 0.29) is 24.7 Å². The van der Waals surface area contributed by atoms with Gasteiger partial charge in [0.1, 0.15) is 5.75 Å². The zero-order valence-electron chi connectivity index (χ0n) is 15.5. The maximum atomic E-state index is 11.9. The molecule has 1 fully saturated rings. The number of hydrogen-bond acceptors (Lipinski definition) is 4. The van der Waals surface area contributed by atoms with Crippen LogP contribution in [0.5, 0.6) is 5.75 Å². The molecule has 3 N–H and O–H groups in total. The molecule has 1 saturated carbocycles. The van der Waals surface area contributed by atoms with E-state index in [4.69, 9.17) is 9.84 Å². The molecule has 7 nitrogen and oxygen atoms in total. The van der Waals surface area contributed by atoms with Crippen molar-refractivity contribution in [2.75, 3.05) is 26.7 Å². The number of ether oxygens (including phenoxy) is 1. The van der Waals surface area contributed by atoms with Gasteiger partial charge >= 0.3 is 12.0 Å². The van der Waals surface area contributed by atoms with Crippen molar-refractivity contribution in [2.45, 2.75) is 44.7 Å². The number of carboxylic acid groups (broad SMARTS) is 1. The van der Waals surface area contributed by atoms with E-state index >= 15 is 0 Å². The van der Waals surface area contributed by atoms with Crippen molar-refractivity contribution in [3.05, 3.63) is 29.8 Å². The summed E-state index contributed by atoms with van der Waals surface area (Å²) in [5, 5.41) is 14.7. The van der Waals surface area contributed by atoms with Crippen molar-refractivity contribution in [2.24, 2.45) is 0 Å². The average Bonchev–Trinajstić information content (AvgIpc) is 2.60. The Labute approximate surface area is 154 Å². The van der Waals surface area contributed by atoms with E-state index in [1.807, 2.05) is 36.1 Å². The fourth-order valence-corrected chi connectivity index (χ4v) is 3.20. The fourth-order valence-electron chi connectivity index (χ4n) is 3.20. The molecular weight excluding hydrogens is 334 g/mol. The van der Waals surface area contributed by atoms with Crippen LogP contribution in [0, 0.1) is 0 Å². The van der Waals surface area contributed by atoms with Gasteiger partial charge in [0.15, 0.2) is 0 Å². The third-order valence-corrected chi connectivity index (χ3v) is 4.80. The standard InChI is InChI=1S/C19H29N3O4/c1-3-22(13-18(23)24)16-11-15(12-16)21-19(25)20-10-4-5-14-6-8-17(26-2)9-7-14/h6-9,15-16H,3-5,10-13H2,1-2H3,(H,23,24)(H2,20,21,25). The van der Waals surface area contributed by atoms with E-state index in [1.54, 1.807) is 7.11 Å². The first-order chi connectivity index (χ1) is 12.5. The van der Waals surface area contributed by atoms with Gasteiger partial charge in [0.2, 0.25) is 0 Å². The molecule has 0 spiro atoms. The molecule has 0 atom stereocenters. The second-order valence-electron chi connectivity index (χ2n) is 6.63. The van der Waals surface area contributed by atoms with E-state index in [0.717, 1.165) is 31.4 Å². The van der Waals surface area contributed by atoms with E-state index in [1.165, 1.54) is 5.56 Å². The predicted molar refractivity (Wildman–Crippen MR) is 99.5 cm³/mol. The highest BCUT2D eigenvalue weighted by molar-refractivity contribution is 5.74. The summed E-state index contributed by atoms with van der Waals surface area (Å²) in [4.78, 5) is 24.7. The second kappa shape index (κ2) is 10.0. The Bertz CT molecular complexity index is 585. The van der Waals surface area contributed by atoms with Crippen LogP contribution in [0.1, 0.15) is 31.7 Å². The van der Waals surface area contributed by atoms with E-state index in [0.29, 0.717) is 13.1 Å². The van der Waals surface area contributed by atoms with Crippen molar-refractivity contribution < 1.29 is 19.4 Å². The average molecular weight is 363 g/mol. The van der Waals surface area contributed by atoms with Crippen LogP contribution in [-0.2, 0) is 11.2 Å². The summed E-state index contributed by atoms with van der Waals surface area (Å²) in [5.74, 6) is 0.0351. The minimum absolute atomic E-state index is 0.0610. The van der Waals surface area contributed by atoms with Gasteiger partial charge in [0.25, 0.3) is 0 Å². The molecule has 2 amide bonds. The molecule has 1 aliphatic rings. The predicted octanol–water partition coefficient (Wildman–Crippen LogP) is 1.86. The lowest BCUT2D eigenvalue weighted by Crippen LogP contribution is -2.56. The third-order valence-electron chi connectivity index (χ3n) is 4.80. The Morgan fingerprint density at radius 2 is 1.96 bits per heavy atom. The lowest BCUT2D eigenvalue weighted by atomic mass is 9.85. The number of benzene rings is 1. The molecule has 0 radical (unpaired) electrons. The minimum Gasteiger partial charge on any atom is -0.497 e. The molecule has 1 aliphatic carbocycles. The van der Waals surface area contributed by atoms with Crippen molar-refractivity contribution in [3.63, 3.8) is 0 Å². The Morgan fingerprint density at radius 3 is 2.54 bits per heavy atom. The van der Waals surface area contributed by atoms with E-state index < -0.39 is 5.97 Å². The lowest BCUT2D eigenvalue weighted by Gasteiger charge is -2.42. The Hall–Kier alpha value is -2.28. The first kappa shape index (κ1) is 20.0. The topological polar surface area (TPSA) is 90.9 Å². The molecule has 7 heteroatoms. The number of methoxy groups -OCH3 is 1. The van der Waals surface area contributed by atoms with Gasteiger partial charge in [-0.3, -0.25) is 9.69 Å². The number of aryl methyl sites for hydroxylation is 1. The van der Waals surface area contributed by atoms with Crippen LogP contribution in [0.4, 0.5) is 4.79 Å². The molecule has 26 heavy (non-hydrogen) atoms. The number of aliphatic carboxylic acids is 1. The van der Waals surface area contributed by atoms with Gasteiger partial charge in [0, 0.05) is 18.6 Å². The van der Waals surface area contributed by atoms with Crippen LogP contribution in [0.15, 0.2) is 24.3 Å². The first-order valence-corrected chi connectivity index (χ1v) is 9.15. The van der Waals surface area contributed by atoms with Gasteiger partial charge in [-0.2, -0.15) is 0 Å². The van der Waals surface area contributed by atoms with Crippen LogP contribution in [0.2, 0.25) is 0 Å². The summed E-state index contributed by atoms with van der Waals surface area (Å²) in [6, 6.07) is 8.16. The maximum Gasteiger partial charge on any atom is 0.317 e. The van der Waals surface area contributed by atoms with Crippen LogP contribution in [0.25, 0.3) is 0 Å². The first-order valence-electron chi connectivity index (χ1n) is 9.15. The quantitative estimate of drug-likeness (QED) is 0.552. The van der Waals surface area contributed by atoms with Crippen LogP contribution < -0.4 is 15.4 Å². The highest BCUT2D eigenvalue weighted by Crippen LogP contribution is 2.25. The van der Waals surface area contributed by atoms with Gasteiger partial charge in [-0.1, -0.05) is 19.1 Å². The maximum absolute atomic E-state index is 11.9. The van der Waals surface area contributed by atoms with Gasteiger partial charge < -0.3 is 20.5 Å². The molecule has 1 aromatic rings. The number of amides is 2. The zero-order chi connectivity index (χ0) is 18.9. The molecule has 0 unspecified atom stereocenters. The van der Waals surface area contributed by atoms with Crippen molar-refractivity contribution in [1.29, 1.82) is 0 Å². The molecule has 0 aromatic heterocycles. The smallest absolute Gasteiger partial charge is 0.317 e. The van der Waals surface area contributed by atoms with Crippen LogP contribution in [-0.4, -0.2) is 60.8 Å². The number of nitrogens with zero attached hydrogens (tertiary/aromatic N) is 1. The number of carbonyl (C=O) groups excluding carboxylic acids is 1. The third kappa shape index (κ3) is 6.22. The summed E-state index contributed by atoms with van der Waals surface area (Å²) in [6.45, 7) is 3.35. The zero-order valence-corrected chi connectivity index (χ0v) is 15.5. The highest BCUT2D eigenvalue weighted by Gasteiger charge is 2.34. The van der Waals surface area contributed by atoms with Crippen LogP contribution >= 0.6 is 0 Å². The highest BCUT2D eigenvalue weighted by atomic mass is 16.5. The molecule has 0 saturated heterocycles. The summed E-state index contributed by atoms with van der Waals surface area (Å²) in [7, 11) is 1.65. The molecule has 2 rings (SSSR count). The Morgan fingerprint density at radius 1 is 1.27 bits per heavy atom. The lowest BCUT2D eigenvalue weighted by molar-refractivity contribution is -0.139. The largest absolute Gasteiger partial charge is 0.497 e. The molecule has 0 aliphatic heterocycles. The molecule has 144 valence electrons. The van der Waals surface area contributed by atoms with Gasteiger partial charge in [0.05, 0.1) is 13.7 Å². The van der Waals surface area contributed by atoms with Crippen LogP contribution in [0.3, 0.4) is 0 Å². The molecule has 0 heterocycles. The SMILES string of the molecule is CCN(CC(=O)O)C1CC(NC(=O)NCCCc2ccc(OC)cc2)C1.